The largest absolute Gasteiger partial charge is 0.480 e. The lowest BCUT2D eigenvalue weighted by molar-refractivity contribution is -0.138. The number of carboxylic acids is 1. The van der Waals surface area contributed by atoms with E-state index in [1.54, 1.807) is 0 Å². The minimum absolute atomic E-state index is 0.200. The van der Waals surface area contributed by atoms with Crippen molar-refractivity contribution in [1.29, 1.82) is 0 Å². The molecule has 21 heavy (non-hydrogen) atoms. The fraction of sp³-hybridized carbons (Fsp3) is 0.500. The molecule has 0 aliphatic heterocycles. The number of amides is 1. The van der Waals surface area contributed by atoms with Gasteiger partial charge in [0.1, 0.15) is 6.54 Å². The number of hydrogen-bond donors (Lipinski definition) is 2. The summed E-state index contributed by atoms with van der Waals surface area (Å²) in [5.41, 5.74) is 2.70. The molecule has 2 aliphatic carbocycles. The zero-order valence-electron chi connectivity index (χ0n) is 11.9. The van der Waals surface area contributed by atoms with Crippen molar-refractivity contribution in [1.82, 2.24) is 10.2 Å². The van der Waals surface area contributed by atoms with Gasteiger partial charge in [-0.1, -0.05) is 24.3 Å². The molecule has 3 rings (SSSR count). The van der Waals surface area contributed by atoms with Gasteiger partial charge in [-0.25, -0.2) is 0 Å². The van der Waals surface area contributed by atoms with Crippen molar-refractivity contribution < 1.29 is 14.7 Å². The molecule has 5 heteroatoms. The summed E-state index contributed by atoms with van der Waals surface area (Å²) in [6, 6.07) is 9.18. The summed E-state index contributed by atoms with van der Waals surface area (Å²) in [5, 5.41) is 11.1. The molecule has 112 valence electrons. The van der Waals surface area contributed by atoms with E-state index in [9.17, 15) is 9.59 Å². The Bertz CT molecular complexity index is 554. The first kappa shape index (κ1) is 14.1. The zero-order valence-corrected chi connectivity index (χ0v) is 11.9. The van der Waals surface area contributed by atoms with Crippen molar-refractivity contribution in [3.05, 3.63) is 35.4 Å². The van der Waals surface area contributed by atoms with E-state index in [4.69, 9.17) is 5.11 Å². The highest BCUT2D eigenvalue weighted by Crippen LogP contribution is 2.41. The van der Waals surface area contributed by atoms with Crippen molar-refractivity contribution in [2.45, 2.75) is 37.8 Å². The van der Waals surface area contributed by atoms with Crippen LogP contribution in [0, 0.1) is 0 Å². The molecule has 0 aromatic heterocycles. The van der Waals surface area contributed by atoms with Crippen molar-refractivity contribution in [3.8, 4) is 0 Å². The van der Waals surface area contributed by atoms with Gasteiger partial charge < -0.3 is 10.4 Å². The average Bonchev–Trinajstić information content (AvgIpc) is 3.22. The lowest BCUT2D eigenvalue weighted by Gasteiger charge is -2.29. The number of aliphatic carboxylic acids is 1. The number of carbonyl (C=O) groups excluding carboxylic acids is 1. The second-order valence-electron chi connectivity index (χ2n) is 5.83. The second kappa shape index (κ2) is 5.85. The minimum atomic E-state index is -1.01. The quantitative estimate of drug-likeness (QED) is 0.829. The van der Waals surface area contributed by atoms with Crippen molar-refractivity contribution in [3.63, 3.8) is 0 Å². The van der Waals surface area contributed by atoms with Crippen LogP contribution in [0.3, 0.4) is 0 Å². The summed E-state index contributed by atoms with van der Waals surface area (Å²) in [7, 11) is 0. The van der Waals surface area contributed by atoms with Gasteiger partial charge in [0.15, 0.2) is 0 Å². The van der Waals surface area contributed by atoms with Gasteiger partial charge in [-0.05, 0) is 36.8 Å². The number of nitrogens with zero attached hydrogens (tertiary/aromatic N) is 1. The fourth-order valence-corrected chi connectivity index (χ4v) is 3.18. The van der Waals surface area contributed by atoms with Gasteiger partial charge in [-0.2, -0.15) is 0 Å². The summed E-state index contributed by atoms with van der Waals surface area (Å²) in [4.78, 5) is 24.7. The molecule has 2 N–H and O–H groups in total. The predicted octanol–water partition coefficient (Wildman–Crippen LogP) is 1.34. The van der Waals surface area contributed by atoms with Crippen LogP contribution in [-0.2, 0) is 16.0 Å². The van der Waals surface area contributed by atoms with Crippen molar-refractivity contribution >= 4 is 11.9 Å². The third-order valence-electron chi connectivity index (χ3n) is 4.28. The maximum Gasteiger partial charge on any atom is 0.322 e. The van der Waals surface area contributed by atoms with E-state index in [-0.39, 0.29) is 19.0 Å². The van der Waals surface area contributed by atoms with Gasteiger partial charge in [0.05, 0.1) is 6.54 Å². The number of nitrogens with one attached hydrogen (secondary N) is 1. The minimum Gasteiger partial charge on any atom is -0.480 e. The Morgan fingerprint density at radius 3 is 2.71 bits per heavy atom. The Balaban J connectivity index is 1.68. The summed E-state index contributed by atoms with van der Waals surface area (Å²) in [5.74, 6) is -1.21. The summed E-state index contributed by atoms with van der Waals surface area (Å²) < 4.78 is 0. The van der Waals surface area contributed by atoms with Crippen LogP contribution in [0.1, 0.15) is 36.4 Å². The fourth-order valence-electron chi connectivity index (χ4n) is 3.18. The van der Waals surface area contributed by atoms with Gasteiger partial charge in [0.25, 0.3) is 0 Å². The molecule has 0 saturated heterocycles. The van der Waals surface area contributed by atoms with Crippen LogP contribution in [-0.4, -0.2) is 41.0 Å². The van der Waals surface area contributed by atoms with Crippen LogP contribution >= 0.6 is 0 Å². The number of carbonyl (C=O) groups is 2. The molecular weight excluding hydrogens is 268 g/mol. The summed E-state index contributed by atoms with van der Waals surface area (Å²) in [6.45, 7) is -0.0183. The van der Waals surface area contributed by atoms with E-state index in [1.807, 2.05) is 6.07 Å². The van der Waals surface area contributed by atoms with Crippen LogP contribution in [0.15, 0.2) is 24.3 Å². The van der Waals surface area contributed by atoms with Gasteiger partial charge in [-0.3, -0.25) is 14.5 Å². The first-order chi connectivity index (χ1) is 10.1. The molecule has 2 aliphatic rings. The maximum absolute atomic E-state index is 11.9. The molecule has 0 heterocycles. The number of rotatable bonds is 6. The molecule has 1 atom stereocenters. The highest BCUT2D eigenvalue weighted by Gasteiger charge is 2.38. The van der Waals surface area contributed by atoms with E-state index >= 15 is 0 Å². The predicted molar refractivity (Wildman–Crippen MR) is 77.9 cm³/mol. The molecule has 5 nitrogen and oxygen atoms in total. The first-order valence-corrected chi connectivity index (χ1v) is 7.47. The molecule has 0 spiro atoms. The lowest BCUT2D eigenvalue weighted by atomic mass is 10.1. The Morgan fingerprint density at radius 1 is 1.24 bits per heavy atom. The first-order valence-electron chi connectivity index (χ1n) is 7.47. The van der Waals surface area contributed by atoms with Crippen molar-refractivity contribution in [2.75, 3.05) is 13.1 Å². The topological polar surface area (TPSA) is 69.6 Å². The van der Waals surface area contributed by atoms with Gasteiger partial charge in [0.2, 0.25) is 5.91 Å². The standard InChI is InChI=1S/C16H20N2O3/c19-15(17-9-16(20)21)10-18(12-6-7-12)14-8-5-11-3-1-2-4-13(11)14/h1-4,12,14H,5-10H2,(H,17,19)(H,20,21). The second-order valence-corrected chi connectivity index (χ2v) is 5.83. The normalized spacial score (nSPS) is 20.3. The summed E-state index contributed by atoms with van der Waals surface area (Å²) in [6.07, 6.45) is 4.36. The van der Waals surface area contributed by atoms with Gasteiger partial charge >= 0.3 is 5.97 Å². The molecule has 1 aromatic rings. The van der Waals surface area contributed by atoms with Gasteiger partial charge in [-0.15, -0.1) is 0 Å². The number of fused-ring (bicyclic) bond motifs is 1. The smallest absolute Gasteiger partial charge is 0.322 e. The van der Waals surface area contributed by atoms with E-state index in [2.05, 4.69) is 28.4 Å². The Labute approximate surface area is 123 Å². The zero-order chi connectivity index (χ0) is 14.8. The highest BCUT2D eigenvalue weighted by atomic mass is 16.4. The average molecular weight is 288 g/mol. The Morgan fingerprint density at radius 2 is 2.00 bits per heavy atom. The molecule has 1 unspecified atom stereocenters. The molecule has 1 aromatic carbocycles. The lowest BCUT2D eigenvalue weighted by Crippen LogP contribution is -2.41. The molecule has 1 amide bonds. The number of hydrogen-bond acceptors (Lipinski definition) is 3. The van der Waals surface area contributed by atoms with Crippen LogP contribution in [0.25, 0.3) is 0 Å². The van der Waals surface area contributed by atoms with Crippen LogP contribution in [0.5, 0.6) is 0 Å². The highest BCUT2D eigenvalue weighted by molar-refractivity contribution is 5.82. The molecule has 1 saturated carbocycles. The third kappa shape index (κ3) is 3.24. The number of carboxylic acid groups (broad SMARTS) is 1. The van der Waals surface area contributed by atoms with Crippen LogP contribution < -0.4 is 5.32 Å². The van der Waals surface area contributed by atoms with E-state index in [0.29, 0.717) is 12.1 Å². The number of benzene rings is 1. The van der Waals surface area contributed by atoms with Crippen LogP contribution in [0.2, 0.25) is 0 Å². The third-order valence-corrected chi connectivity index (χ3v) is 4.28. The monoisotopic (exact) mass is 288 g/mol. The molecule has 0 radical (unpaired) electrons. The van der Waals surface area contributed by atoms with E-state index < -0.39 is 5.97 Å². The van der Waals surface area contributed by atoms with E-state index in [0.717, 1.165) is 25.7 Å². The molecular formula is C16H20N2O3. The molecule has 0 bridgehead atoms. The van der Waals surface area contributed by atoms with Gasteiger partial charge in [0, 0.05) is 12.1 Å². The number of aryl methyl sites for hydroxylation is 1. The maximum atomic E-state index is 11.9. The Kier molecular flexibility index (Phi) is 3.92. The SMILES string of the molecule is O=C(O)CNC(=O)CN(C1CC1)C1CCc2ccccc21. The van der Waals surface area contributed by atoms with E-state index in [1.165, 1.54) is 11.1 Å². The molecule has 1 fully saturated rings. The van der Waals surface area contributed by atoms with Crippen LogP contribution in [0.4, 0.5) is 0 Å². The Hall–Kier alpha value is -1.88. The summed E-state index contributed by atoms with van der Waals surface area (Å²) >= 11 is 0. The van der Waals surface area contributed by atoms with Crippen molar-refractivity contribution in [2.24, 2.45) is 0 Å².